The van der Waals surface area contributed by atoms with Crippen molar-refractivity contribution in [2.45, 2.75) is 39.2 Å². The first kappa shape index (κ1) is 20.5. The summed E-state index contributed by atoms with van der Waals surface area (Å²) in [7, 11) is 0. The number of halogens is 1. The van der Waals surface area contributed by atoms with Crippen molar-refractivity contribution in [2.75, 3.05) is 6.61 Å². The van der Waals surface area contributed by atoms with Crippen LogP contribution in [-0.4, -0.2) is 16.2 Å². The molecule has 0 atom stereocenters. The quantitative estimate of drug-likeness (QED) is 0.280. The summed E-state index contributed by atoms with van der Waals surface area (Å²) >= 11 is 6.08. The van der Waals surface area contributed by atoms with E-state index in [2.05, 4.69) is 54.8 Å². The van der Waals surface area contributed by atoms with E-state index >= 15 is 0 Å². The molecule has 154 valence electrons. The first-order chi connectivity index (χ1) is 14.6. The highest BCUT2D eigenvalue weighted by Gasteiger charge is 2.12. The fraction of sp³-hybridized carbons (Fsp3) is 0.269. The van der Waals surface area contributed by atoms with Crippen molar-refractivity contribution >= 4 is 22.6 Å². The molecule has 1 heterocycles. The molecule has 30 heavy (non-hydrogen) atoms. The maximum absolute atomic E-state index is 6.09. The predicted octanol–water partition coefficient (Wildman–Crippen LogP) is 7.34. The number of hydrogen-bond donors (Lipinski definition) is 0. The lowest BCUT2D eigenvalue weighted by Gasteiger charge is -2.14. The Morgan fingerprint density at radius 2 is 1.63 bits per heavy atom. The number of rotatable bonds is 8. The molecule has 0 aliphatic rings. The fourth-order valence-corrected chi connectivity index (χ4v) is 3.89. The van der Waals surface area contributed by atoms with Gasteiger partial charge in [-0.1, -0.05) is 55.8 Å². The number of fused-ring (bicyclic) bond motifs is 1. The first-order valence-corrected chi connectivity index (χ1v) is 10.9. The van der Waals surface area contributed by atoms with E-state index in [1.807, 2.05) is 36.4 Å². The minimum atomic E-state index is 0.459. The molecule has 0 aliphatic carbocycles. The Balaban J connectivity index is 1.45. The Hall–Kier alpha value is -2.78. The van der Waals surface area contributed by atoms with Crippen LogP contribution >= 0.6 is 11.6 Å². The Morgan fingerprint density at radius 1 is 0.900 bits per heavy atom. The fourth-order valence-electron chi connectivity index (χ4n) is 3.76. The van der Waals surface area contributed by atoms with Gasteiger partial charge in [-0.05, 0) is 66.8 Å². The second-order valence-corrected chi connectivity index (χ2v) is 8.27. The second kappa shape index (κ2) is 9.36. The zero-order valence-corrected chi connectivity index (χ0v) is 18.3. The highest BCUT2D eigenvalue weighted by atomic mass is 35.5. The van der Waals surface area contributed by atoms with Crippen LogP contribution in [0.2, 0.25) is 5.02 Å². The van der Waals surface area contributed by atoms with Crippen LogP contribution in [0.5, 0.6) is 5.75 Å². The molecular formula is C26H27ClN2O. The zero-order chi connectivity index (χ0) is 20.9. The molecule has 0 saturated heterocycles. The molecule has 3 aromatic carbocycles. The van der Waals surface area contributed by atoms with Gasteiger partial charge in [-0.3, -0.25) is 0 Å². The number of imidazole rings is 1. The van der Waals surface area contributed by atoms with E-state index < -0.39 is 0 Å². The van der Waals surface area contributed by atoms with Crippen molar-refractivity contribution < 1.29 is 4.74 Å². The van der Waals surface area contributed by atoms with Gasteiger partial charge in [-0.15, -0.1) is 0 Å². The Bertz CT molecular complexity index is 1120. The van der Waals surface area contributed by atoms with E-state index in [1.165, 1.54) is 5.56 Å². The molecule has 0 fully saturated rings. The van der Waals surface area contributed by atoms with E-state index in [0.29, 0.717) is 12.5 Å². The van der Waals surface area contributed by atoms with Crippen molar-refractivity contribution in [3.05, 3.63) is 83.4 Å². The number of hydrogen-bond acceptors (Lipinski definition) is 2. The number of nitrogens with zero attached hydrogens (tertiary/aromatic N) is 2. The van der Waals surface area contributed by atoms with E-state index in [4.69, 9.17) is 21.3 Å². The molecule has 1 aromatic heterocycles. The molecule has 4 heteroatoms. The van der Waals surface area contributed by atoms with Crippen LogP contribution in [0.15, 0.2) is 72.8 Å². The van der Waals surface area contributed by atoms with Crippen molar-refractivity contribution in [1.82, 2.24) is 9.55 Å². The molecule has 0 spiro atoms. The van der Waals surface area contributed by atoms with E-state index in [0.717, 1.165) is 52.6 Å². The van der Waals surface area contributed by atoms with Gasteiger partial charge in [0, 0.05) is 17.1 Å². The number of aryl methyl sites for hydroxylation is 1. The van der Waals surface area contributed by atoms with Gasteiger partial charge < -0.3 is 9.30 Å². The van der Waals surface area contributed by atoms with Gasteiger partial charge in [-0.2, -0.15) is 0 Å². The van der Waals surface area contributed by atoms with Crippen molar-refractivity contribution in [3.63, 3.8) is 0 Å². The molecule has 0 amide bonds. The average molecular weight is 419 g/mol. The topological polar surface area (TPSA) is 27.1 Å². The van der Waals surface area contributed by atoms with Crippen LogP contribution in [0.4, 0.5) is 0 Å². The summed E-state index contributed by atoms with van der Waals surface area (Å²) in [6.07, 6.45) is 2.00. The Morgan fingerprint density at radius 3 is 2.43 bits per heavy atom. The highest BCUT2D eigenvalue weighted by Crippen LogP contribution is 2.28. The van der Waals surface area contributed by atoms with Crippen molar-refractivity contribution in [3.8, 4) is 17.1 Å². The molecule has 0 saturated carbocycles. The second-order valence-electron chi connectivity index (χ2n) is 7.83. The molecule has 0 bridgehead atoms. The van der Waals surface area contributed by atoms with Gasteiger partial charge in [0.25, 0.3) is 0 Å². The van der Waals surface area contributed by atoms with Crippen LogP contribution in [0.3, 0.4) is 0 Å². The molecule has 0 aliphatic heterocycles. The smallest absolute Gasteiger partial charge is 0.141 e. The zero-order valence-electron chi connectivity index (χ0n) is 17.5. The summed E-state index contributed by atoms with van der Waals surface area (Å²) in [6, 6.07) is 24.5. The summed E-state index contributed by atoms with van der Waals surface area (Å²) in [6.45, 7) is 6.01. The molecule has 3 nitrogen and oxygen atoms in total. The third kappa shape index (κ3) is 4.52. The van der Waals surface area contributed by atoms with E-state index in [1.54, 1.807) is 0 Å². The van der Waals surface area contributed by atoms with Gasteiger partial charge in [-0.25, -0.2) is 4.98 Å². The number of aromatic nitrogens is 2. The SMILES string of the molecule is CC(C)c1ccccc1OCCCCn1c(-c2ccc(Cl)cc2)nc2ccccc21. The third-order valence-corrected chi connectivity index (χ3v) is 5.58. The third-order valence-electron chi connectivity index (χ3n) is 5.33. The van der Waals surface area contributed by atoms with Gasteiger partial charge in [0.2, 0.25) is 0 Å². The van der Waals surface area contributed by atoms with Gasteiger partial charge >= 0.3 is 0 Å². The number of para-hydroxylation sites is 3. The number of unbranched alkanes of at least 4 members (excludes halogenated alkanes) is 1. The van der Waals surface area contributed by atoms with Crippen molar-refractivity contribution in [1.29, 1.82) is 0 Å². The largest absolute Gasteiger partial charge is 0.493 e. The molecule has 0 N–H and O–H groups in total. The summed E-state index contributed by atoms with van der Waals surface area (Å²) in [4.78, 5) is 4.88. The lowest BCUT2D eigenvalue weighted by Crippen LogP contribution is -2.05. The summed E-state index contributed by atoms with van der Waals surface area (Å²) in [5, 5.41) is 0.736. The minimum absolute atomic E-state index is 0.459. The van der Waals surface area contributed by atoms with Crippen LogP contribution < -0.4 is 4.74 Å². The van der Waals surface area contributed by atoms with E-state index in [9.17, 15) is 0 Å². The van der Waals surface area contributed by atoms with Crippen LogP contribution in [0.25, 0.3) is 22.4 Å². The Labute approximate surface area is 183 Å². The lowest BCUT2D eigenvalue weighted by atomic mass is 10.0. The Kier molecular flexibility index (Phi) is 6.39. The van der Waals surface area contributed by atoms with Crippen LogP contribution in [0.1, 0.15) is 38.2 Å². The maximum Gasteiger partial charge on any atom is 0.141 e. The summed E-state index contributed by atoms with van der Waals surface area (Å²) in [5.74, 6) is 2.45. The lowest BCUT2D eigenvalue weighted by molar-refractivity contribution is 0.299. The van der Waals surface area contributed by atoms with E-state index in [-0.39, 0.29) is 0 Å². The summed E-state index contributed by atoms with van der Waals surface area (Å²) < 4.78 is 8.40. The van der Waals surface area contributed by atoms with Crippen LogP contribution in [-0.2, 0) is 6.54 Å². The summed E-state index contributed by atoms with van der Waals surface area (Å²) in [5.41, 5.74) is 4.53. The first-order valence-electron chi connectivity index (χ1n) is 10.6. The predicted molar refractivity (Wildman–Crippen MR) is 125 cm³/mol. The maximum atomic E-state index is 6.09. The molecule has 4 aromatic rings. The molecule has 0 unspecified atom stereocenters. The average Bonchev–Trinajstić information content (AvgIpc) is 3.13. The molecule has 4 rings (SSSR count). The standard InChI is InChI=1S/C26H27ClN2O/c1-19(2)22-9-3-6-12-25(22)30-18-8-7-17-29-24-11-5-4-10-23(24)28-26(29)20-13-15-21(27)16-14-20/h3-6,9-16,19H,7-8,17-18H2,1-2H3. The van der Waals surface area contributed by atoms with Gasteiger partial charge in [0.05, 0.1) is 17.6 Å². The normalized spacial score (nSPS) is 11.3. The number of benzene rings is 3. The van der Waals surface area contributed by atoms with Gasteiger partial charge in [0.1, 0.15) is 11.6 Å². The highest BCUT2D eigenvalue weighted by molar-refractivity contribution is 6.30. The minimum Gasteiger partial charge on any atom is -0.493 e. The number of ether oxygens (including phenoxy) is 1. The van der Waals surface area contributed by atoms with Crippen LogP contribution in [0, 0.1) is 0 Å². The molecule has 0 radical (unpaired) electrons. The van der Waals surface area contributed by atoms with Gasteiger partial charge in [0.15, 0.2) is 0 Å². The molecular weight excluding hydrogens is 392 g/mol. The monoisotopic (exact) mass is 418 g/mol. The van der Waals surface area contributed by atoms with Crippen molar-refractivity contribution in [2.24, 2.45) is 0 Å².